The van der Waals surface area contributed by atoms with E-state index in [4.69, 9.17) is 22.1 Å². The standard InChI is InChI=1S/C28H26ClFN4O3/c1-3-28(31,4-2)27(36)37-17-20-9-7-8-19(32-20)13-15-25-33-23-14-12-18(30)16-21(23)26(35)34(25)24-11-6-5-10-22(24)29/h5-16H,3-4,17,31H2,1-2H3/b15-13+. The Morgan fingerprint density at radius 2 is 1.84 bits per heavy atom. The van der Waals surface area contributed by atoms with E-state index in [1.807, 2.05) is 13.8 Å². The van der Waals surface area contributed by atoms with Gasteiger partial charge in [0.15, 0.2) is 0 Å². The first-order valence-corrected chi connectivity index (χ1v) is 12.2. The van der Waals surface area contributed by atoms with Gasteiger partial charge in [-0.15, -0.1) is 0 Å². The van der Waals surface area contributed by atoms with Crippen LogP contribution >= 0.6 is 11.6 Å². The first-order valence-electron chi connectivity index (χ1n) is 11.8. The molecule has 0 atom stereocenters. The Bertz CT molecular complexity index is 1550. The predicted octanol–water partition coefficient (Wildman–Crippen LogP) is 5.30. The van der Waals surface area contributed by atoms with Crippen molar-refractivity contribution < 1.29 is 13.9 Å². The molecule has 0 radical (unpaired) electrons. The Morgan fingerprint density at radius 1 is 1.08 bits per heavy atom. The quantitative estimate of drug-likeness (QED) is 0.316. The lowest BCUT2D eigenvalue weighted by molar-refractivity contribution is -0.152. The molecule has 0 bridgehead atoms. The van der Waals surface area contributed by atoms with Gasteiger partial charge in [0.05, 0.1) is 33.0 Å². The van der Waals surface area contributed by atoms with Crippen molar-refractivity contribution in [3.05, 3.63) is 99.1 Å². The maximum Gasteiger partial charge on any atom is 0.326 e. The van der Waals surface area contributed by atoms with Crippen LogP contribution in [0, 0.1) is 5.82 Å². The molecule has 0 unspecified atom stereocenters. The molecule has 0 saturated carbocycles. The molecule has 0 spiro atoms. The number of carbonyl (C=O) groups is 1. The number of halogens is 2. The summed E-state index contributed by atoms with van der Waals surface area (Å²) in [6.07, 6.45) is 4.25. The number of para-hydroxylation sites is 1. The van der Waals surface area contributed by atoms with Gasteiger partial charge in [-0.2, -0.15) is 0 Å². The Balaban J connectivity index is 1.69. The molecule has 0 aliphatic heterocycles. The number of hydrogen-bond donors (Lipinski definition) is 1. The number of hydrogen-bond acceptors (Lipinski definition) is 6. The number of esters is 1. The number of ether oxygens (including phenoxy) is 1. The van der Waals surface area contributed by atoms with Crippen LogP contribution in [0.4, 0.5) is 4.39 Å². The Kier molecular flexibility index (Phi) is 7.80. The van der Waals surface area contributed by atoms with E-state index in [-0.39, 0.29) is 17.8 Å². The highest BCUT2D eigenvalue weighted by Crippen LogP contribution is 2.22. The first-order chi connectivity index (χ1) is 17.8. The van der Waals surface area contributed by atoms with Gasteiger partial charge in [-0.3, -0.25) is 14.2 Å². The minimum atomic E-state index is -1.02. The number of rotatable bonds is 8. The second-order valence-corrected chi connectivity index (χ2v) is 8.96. The molecule has 7 nitrogen and oxygen atoms in total. The van der Waals surface area contributed by atoms with E-state index >= 15 is 0 Å². The minimum absolute atomic E-state index is 0.0242. The third-order valence-electron chi connectivity index (χ3n) is 6.20. The molecule has 9 heteroatoms. The van der Waals surface area contributed by atoms with Crippen LogP contribution in [0.15, 0.2) is 65.5 Å². The van der Waals surface area contributed by atoms with Gasteiger partial charge in [-0.05, 0) is 67.5 Å². The topological polar surface area (TPSA) is 100 Å². The SMILES string of the molecule is CCC(N)(CC)C(=O)OCc1cccc(/C=C/c2nc3ccc(F)cc3c(=O)n2-c2ccccc2Cl)n1. The third kappa shape index (κ3) is 5.60. The zero-order chi connectivity index (χ0) is 26.6. The maximum absolute atomic E-state index is 13.9. The van der Waals surface area contributed by atoms with Crippen molar-refractivity contribution in [1.82, 2.24) is 14.5 Å². The van der Waals surface area contributed by atoms with E-state index in [0.717, 1.165) is 6.07 Å². The second-order valence-electron chi connectivity index (χ2n) is 8.55. The normalized spacial score (nSPS) is 11.8. The maximum atomic E-state index is 13.9. The zero-order valence-corrected chi connectivity index (χ0v) is 21.2. The summed E-state index contributed by atoms with van der Waals surface area (Å²) in [6.45, 7) is 3.66. The highest BCUT2D eigenvalue weighted by molar-refractivity contribution is 6.32. The minimum Gasteiger partial charge on any atom is -0.458 e. The molecule has 0 saturated heterocycles. The molecule has 4 aromatic rings. The molecule has 0 aliphatic carbocycles. The van der Waals surface area contributed by atoms with Crippen molar-refractivity contribution in [3.8, 4) is 5.69 Å². The Labute approximate surface area is 218 Å². The number of nitrogens with two attached hydrogens (primary N) is 1. The van der Waals surface area contributed by atoms with Gasteiger partial charge in [0.25, 0.3) is 5.56 Å². The lowest BCUT2D eigenvalue weighted by Crippen LogP contribution is -2.47. The van der Waals surface area contributed by atoms with Crippen LogP contribution in [0.5, 0.6) is 0 Å². The van der Waals surface area contributed by atoms with Crippen molar-refractivity contribution in [2.75, 3.05) is 0 Å². The molecule has 190 valence electrons. The lowest BCUT2D eigenvalue weighted by atomic mass is 9.95. The van der Waals surface area contributed by atoms with Crippen LogP contribution in [-0.4, -0.2) is 26.0 Å². The molecule has 37 heavy (non-hydrogen) atoms. The summed E-state index contributed by atoms with van der Waals surface area (Å²) >= 11 is 6.39. The van der Waals surface area contributed by atoms with Gasteiger partial charge in [-0.1, -0.05) is 43.6 Å². The van der Waals surface area contributed by atoms with E-state index in [1.165, 1.54) is 16.7 Å². The van der Waals surface area contributed by atoms with E-state index in [9.17, 15) is 14.0 Å². The molecule has 2 aromatic carbocycles. The molecule has 0 aliphatic rings. The van der Waals surface area contributed by atoms with E-state index < -0.39 is 22.9 Å². The molecule has 0 fully saturated rings. The van der Waals surface area contributed by atoms with Crippen LogP contribution in [0.3, 0.4) is 0 Å². The smallest absolute Gasteiger partial charge is 0.326 e. The first kappa shape index (κ1) is 26.2. The van der Waals surface area contributed by atoms with Crippen molar-refractivity contribution >= 4 is 40.6 Å². The largest absolute Gasteiger partial charge is 0.458 e. The van der Waals surface area contributed by atoms with E-state index in [2.05, 4.69) is 9.97 Å². The molecular weight excluding hydrogens is 495 g/mol. The van der Waals surface area contributed by atoms with Crippen LogP contribution in [-0.2, 0) is 16.1 Å². The number of aromatic nitrogens is 3. The summed E-state index contributed by atoms with van der Waals surface area (Å²) in [5.74, 6) is -0.720. The van der Waals surface area contributed by atoms with Crippen LogP contribution < -0.4 is 11.3 Å². The summed E-state index contributed by atoms with van der Waals surface area (Å²) in [5.41, 5.74) is 6.48. The lowest BCUT2D eigenvalue weighted by Gasteiger charge is -2.23. The molecule has 2 heterocycles. The molecular formula is C28H26ClFN4O3. The van der Waals surface area contributed by atoms with Crippen molar-refractivity contribution in [1.29, 1.82) is 0 Å². The predicted molar refractivity (Wildman–Crippen MR) is 143 cm³/mol. The molecule has 0 amide bonds. The van der Waals surface area contributed by atoms with Gasteiger partial charge in [-0.25, -0.2) is 14.4 Å². The number of benzene rings is 2. The molecule has 4 rings (SSSR count). The summed E-state index contributed by atoms with van der Waals surface area (Å²) in [6, 6.07) is 16.0. The van der Waals surface area contributed by atoms with Crippen LogP contribution in [0.25, 0.3) is 28.7 Å². The second kappa shape index (κ2) is 11.0. The summed E-state index contributed by atoms with van der Waals surface area (Å²) in [4.78, 5) is 34.9. The van der Waals surface area contributed by atoms with Gasteiger partial charge in [0, 0.05) is 0 Å². The number of pyridine rings is 1. The summed E-state index contributed by atoms with van der Waals surface area (Å²) in [7, 11) is 0. The fraction of sp³-hybridized carbons (Fsp3) is 0.214. The van der Waals surface area contributed by atoms with E-state index in [0.29, 0.717) is 40.5 Å². The molecule has 2 N–H and O–H groups in total. The highest BCUT2D eigenvalue weighted by Gasteiger charge is 2.31. The van der Waals surface area contributed by atoms with Crippen molar-refractivity contribution in [2.45, 2.75) is 38.8 Å². The van der Waals surface area contributed by atoms with Gasteiger partial charge in [0.2, 0.25) is 0 Å². The number of nitrogens with zero attached hydrogens (tertiary/aromatic N) is 3. The third-order valence-corrected chi connectivity index (χ3v) is 6.52. The summed E-state index contributed by atoms with van der Waals surface area (Å²) < 4.78 is 20.6. The Morgan fingerprint density at radius 3 is 2.57 bits per heavy atom. The Hall–Kier alpha value is -3.88. The van der Waals surface area contributed by atoms with Crippen LogP contribution in [0.1, 0.15) is 43.9 Å². The zero-order valence-electron chi connectivity index (χ0n) is 20.4. The highest BCUT2D eigenvalue weighted by atomic mass is 35.5. The summed E-state index contributed by atoms with van der Waals surface area (Å²) in [5, 5.41) is 0.475. The van der Waals surface area contributed by atoms with Gasteiger partial charge >= 0.3 is 5.97 Å². The molecule has 2 aromatic heterocycles. The fourth-order valence-corrected chi connectivity index (χ4v) is 4.03. The monoisotopic (exact) mass is 520 g/mol. The van der Waals surface area contributed by atoms with Crippen LogP contribution in [0.2, 0.25) is 5.02 Å². The van der Waals surface area contributed by atoms with Gasteiger partial charge < -0.3 is 10.5 Å². The fourth-order valence-electron chi connectivity index (χ4n) is 3.81. The van der Waals surface area contributed by atoms with E-state index in [1.54, 1.807) is 54.6 Å². The van der Waals surface area contributed by atoms with Gasteiger partial charge in [0.1, 0.15) is 23.8 Å². The van der Waals surface area contributed by atoms with Crippen molar-refractivity contribution in [2.24, 2.45) is 5.73 Å². The number of fused-ring (bicyclic) bond motifs is 1. The average Bonchev–Trinajstić information content (AvgIpc) is 2.91. The number of carbonyl (C=O) groups excluding carboxylic acids is 1. The average molecular weight is 521 g/mol. The van der Waals surface area contributed by atoms with Crippen molar-refractivity contribution in [3.63, 3.8) is 0 Å².